The van der Waals surface area contributed by atoms with Crippen LogP contribution in [-0.2, 0) is 4.74 Å². The van der Waals surface area contributed by atoms with Gasteiger partial charge in [0.15, 0.2) is 5.96 Å². The van der Waals surface area contributed by atoms with Crippen LogP contribution >= 0.6 is 0 Å². The number of nitrogens with one attached hydrogen (secondary N) is 1. The minimum atomic E-state index is 0.253. The van der Waals surface area contributed by atoms with E-state index in [-0.39, 0.29) is 5.41 Å². The lowest BCUT2D eigenvalue weighted by molar-refractivity contribution is -0.0946. The molecule has 4 heteroatoms. The Morgan fingerprint density at radius 2 is 2.00 bits per heavy atom. The molecule has 0 spiro atoms. The number of guanidine groups is 1. The zero-order valence-electron chi connectivity index (χ0n) is 14.4. The molecule has 0 amide bonds. The van der Waals surface area contributed by atoms with Crippen LogP contribution in [0.15, 0.2) is 4.99 Å². The maximum absolute atomic E-state index is 5.34. The van der Waals surface area contributed by atoms with Crippen LogP contribution in [0.3, 0.4) is 0 Å². The summed E-state index contributed by atoms with van der Waals surface area (Å²) in [6.45, 7) is 14.9. The number of hydrogen-bond donors (Lipinski definition) is 1. The summed E-state index contributed by atoms with van der Waals surface area (Å²) in [4.78, 5) is 7.39. The number of aliphatic imine (C=N–C) groups is 1. The summed E-state index contributed by atoms with van der Waals surface area (Å²) in [5, 5.41) is 3.49. The molecule has 2 aliphatic rings. The van der Waals surface area contributed by atoms with Crippen LogP contribution in [0.1, 0.15) is 53.4 Å². The highest BCUT2D eigenvalue weighted by atomic mass is 16.5. The van der Waals surface area contributed by atoms with Crippen molar-refractivity contribution in [1.82, 2.24) is 10.2 Å². The van der Waals surface area contributed by atoms with E-state index in [0.29, 0.717) is 5.41 Å². The van der Waals surface area contributed by atoms with Crippen LogP contribution in [-0.4, -0.2) is 50.3 Å². The van der Waals surface area contributed by atoms with Gasteiger partial charge in [0.05, 0.1) is 19.8 Å². The fourth-order valence-corrected chi connectivity index (χ4v) is 3.54. The molecule has 2 heterocycles. The second kappa shape index (κ2) is 6.99. The molecule has 1 unspecified atom stereocenters. The number of nitrogens with zero attached hydrogens (tertiary/aromatic N) is 2. The highest BCUT2D eigenvalue weighted by molar-refractivity contribution is 5.80. The summed E-state index contributed by atoms with van der Waals surface area (Å²) in [5.41, 5.74) is 0.704. The standard InChI is InChI=1S/C17H33N3O/c1-5-8-16(3)9-7-10-20(12-16)15(18-6-2)19-11-17(4)13-21-14-17/h5-14H2,1-4H3,(H,18,19). The Labute approximate surface area is 130 Å². The van der Waals surface area contributed by atoms with Crippen LogP contribution in [0.25, 0.3) is 0 Å². The monoisotopic (exact) mass is 295 g/mol. The Bertz CT molecular complexity index is 361. The summed E-state index contributed by atoms with van der Waals surface area (Å²) >= 11 is 0. The third kappa shape index (κ3) is 4.35. The van der Waals surface area contributed by atoms with E-state index in [0.717, 1.165) is 45.4 Å². The topological polar surface area (TPSA) is 36.9 Å². The van der Waals surface area contributed by atoms with Gasteiger partial charge in [-0.15, -0.1) is 0 Å². The van der Waals surface area contributed by atoms with Crippen LogP contribution < -0.4 is 5.32 Å². The third-order valence-corrected chi connectivity index (χ3v) is 4.78. The number of likely N-dealkylation sites (tertiary alicyclic amines) is 1. The third-order valence-electron chi connectivity index (χ3n) is 4.78. The summed E-state index contributed by atoms with van der Waals surface area (Å²) in [6.07, 6.45) is 5.21. The first-order valence-electron chi connectivity index (χ1n) is 8.61. The minimum absolute atomic E-state index is 0.253. The van der Waals surface area contributed by atoms with E-state index in [2.05, 4.69) is 37.9 Å². The van der Waals surface area contributed by atoms with Gasteiger partial charge in [0, 0.05) is 25.0 Å². The van der Waals surface area contributed by atoms with E-state index in [1.165, 1.54) is 25.7 Å². The summed E-state index contributed by atoms with van der Waals surface area (Å²) in [6, 6.07) is 0. The molecule has 4 nitrogen and oxygen atoms in total. The number of hydrogen-bond acceptors (Lipinski definition) is 2. The van der Waals surface area contributed by atoms with Crippen molar-refractivity contribution in [3.05, 3.63) is 0 Å². The fourth-order valence-electron chi connectivity index (χ4n) is 3.54. The molecular formula is C17H33N3O. The van der Waals surface area contributed by atoms with Gasteiger partial charge in [0.25, 0.3) is 0 Å². The normalized spacial score (nSPS) is 29.1. The Morgan fingerprint density at radius 1 is 1.24 bits per heavy atom. The van der Waals surface area contributed by atoms with Crippen LogP contribution in [0, 0.1) is 10.8 Å². The van der Waals surface area contributed by atoms with E-state index < -0.39 is 0 Å². The van der Waals surface area contributed by atoms with Crippen LogP contribution in [0.5, 0.6) is 0 Å². The van der Waals surface area contributed by atoms with Crippen molar-refractivity contribution < 1.29 is 4.74 Å². The Kier molecular flexibility index (Phi) is 5.53. The van der Waals surface area contributed by atoms with Crippen molar-refractivity contribution in [1.29, 1.82) is 0 Å². The molecule has 2 fully saturated rings. The largest absolute Gasteiger partial charge is 0.380 e. The lowest BCUT2D eigenvalue weighted by Crippen LogP contribution is -2.50. The maximum Gasteiger partial charge on any atom is 0.193 e. The predicted molar refractivity (Wildman–Crippen MR) is 88.7 cm³/mol. The van der Waals surface area contributed by atoms with Gasteiger partial charge in [-0.2, -0.15) is 0 Å². The lowest BCUT2D eigenvalue weighted by atomic mass is 9.78. The van der Waals surface area contributed by atoms with Gasteiger partial charge in [0.1, 0.15) is 0 Å². The molecule has 2 saturated heterocycles. The lowest BCUT2D eigenvalue weighted by Gasteiger charge is -2.42. The van der Waals surface area contributed by atoms with E-state index in [4.69, 9.17) is 9.73 Å². The first-order chi connectivity index (χ1) is 10.0. The SMILES string of the molecule is CCCC1(C)CCCN(C(=NCC2(C)COC2)NCC)C1. The molecule has 0 aromatic rings. The number of ether oxygens (including phenoxy) is 1. The van der Waals surface area contributed by atoms with Crippen molar-refractivity contribution in [3.8, 4) is 0 Å². The molecule has 2 aliphatic heterocycles. The summed E-state index contributed by atoms with van der Waals surface area (Å²) in [5.74, 6) is 1.10. The molecule has 0 aromatic heterocycles. The van der Waals surface area contributed by atoms with Crippen molar-refractivity contribution in [2.75, 3.05) is 39.4 Å². The number of rotatable bonds is 5. The Morgan fingerprint density at radius 3 is 2.57 bits per heavy atom. The molecule has 1 atom stereocenters. The van der Waals surface area contributed by atoms with Gasteiger partial charge in [-0.25, -0.2) is 0 Å². The molecule has 122 valence electrons. The first-order valence-corrected chi connectivity index (χ1v) is 8.61. The molecule has 0 aromatic carbocycles. The second-order valence-electron chi connectivity index (χ2n) is 7.56. The van der Waals surface area contributed by atoms with Gasteiger partial charge in [-0.1, -0.05) is 27.2 Å². The maximum atomic E-state index is 5.34. The van der Waals surface area contributed by atoms with Crippen LogP contribution in [0.4, 0.5) is 0 Å². The quantitative estimate of drug-likeness (QED) is 0.626. The summed E-state index contributed by atoms with van der Waals surface area (Å²) in [7, 11) is 0. The Balaban J connectivity index is 2.00. The average molecular weight is 295 g/mol. The van der Waals surface area contributed by atoms with Gasteiger partial charge in [-0.3, -0.25) is 4.99 Å². The van der Waals surface area contributed by atoms with Gasteiger partial charge in [-0.05, 0) is 31.6 Å². The molecule has 0 aliphatic carbocycles. The van der Waals surface area contributed by atoms with Crippen molar-refractivity contribution in [2.45, 2.75) is 53.4 Å². The zero-order valence-corrected chi connectivity index (χ0v) is 14.4. The van der Waals surface area contributed by atoms with Crippen molar-refractivity contribution in [3.63, 3.8) is 0 Å². The van der Waals surface area contributed by atoms with Gasteiger partial charge >= 0.3 is 0 Å². The molecule has 21 heavy (non-hydrogen) atoms. The molecule has 2 rings (SSSR count). The molecule has 0 bridgehead atoms. The summed E-state index contributed by atoms with van der Waals surface area (Å²) < 4.78 is 5.34. The fraction of sp³-hybridized carbons (Fsp3) is 0.941. The zero-order chi connectivity index (χ0) is 15.3. The van der Waals surface area contributed by atoms with E-state index >= 15 is 0 Å². The van der Waals surface area contributed by atoms with Gasteiger partial charge in [0.2, 0.25) is 0 Å². The van der Waals surface area contributed by atoms with E-state index in [1.807, 2.05) is 0 Å². The first kappa shape index (κ1) is 16.6. The van der Waals surface area contributed by atoms with Gasteiger partial charge < -0.3 is 15.0 Å². The predicted octanol–water partition coefficient (Wildman–Crippen LogP) is 2.89. The van der Waals surface area contributed by atoms with Crippen LogP contribution in [0.2, 0.25) is 0 Å². The van der Waals surface area contributed by atoms with Crippen molar-refractivity contribution >= 4 is 5.96 Å². The minimum Gasteiger partial charge on any atom is -0.380 e. The smallest absolute Gasteiger partial charge is 0.193 e. The molecule has 0 saturated carbocycles. The Hall–Kier alpha value is -0.770. The highest BCUT2D eigenvalue weighted by Gasteiger charge is 2.34. The second-order valence-corrected chi connectivity index (χ2v) is 7.56. The molecule has 0 radical (unpaired) electrons. The molecular weight excluding hydrogens is 262 g/mol. The highest BCUT2D eigenvalue weighted by Crippen LogP contribution is 2.34. The van der Waals surface area contributed by atoms with E-state index in [9.17, 15) is 0 Å². The number of piperidine rings is 1. The van der Waals surface area contributed by atoms with Crippen molar-refractivity contribution in [2.24, 2.45) is 15.8 Å². The average Bonchev–Trinajstić information content (AvgIpc) is 2.41. The molecule has 1 N–H and O–H groups in total. The van der Waals surface area contributed by atoms with E-state index in [1.54, 1.807) is 0 Å².